The fourth-order valence-corrected chi connectivity index (χ4v) is 2.70. The number of ether oxygens (including phenoxy) is 1. The molecule has 19 heavy (non-hydrogen) atoms. The molecule has 0 aromatic heterocycles. The van der Waals surface area contributed by atoms with Gasteiger partial charge in [0, 0.05) is 4.83 Å². The fourth-order valence-electron chi connectivity index (χ4n) is 2.04. The molecule has 2 rings (SSSR count). The molecule has 1 nitrogen and oxygen atoms in total. The maximum absolute atomic E-state index is 12.9. The normalized spacial score (nSPS) is 12.2. The van der Waals surface area contributed by atoms with Crippen LogP contribution >= 0.6 is 15.9 Å². The van der Waals surface area contributed by atoms with Crippen molar-refractivity contribution >= 4 is 15.9 Å². The third-order valence-corrected chi connectivity index (χ3v) is 3.96. The van der Waals surface area contributed by atoms with Crippen LogP contribution in [0.4, 0.5) is 4.39 Å². The first-order chi connectivity index (χ1) is 9.10. The number of methoxy groups -OCH3 is 1. The number of aryl methyl sites for hydroxylation is 1. The maximum atomic E-state index is 12.9. The second-order valence-electron chi connectivity index (χ2n) is 4.53. The number of benzene rings is 2. The van der Waals surface area contributed by atoms with E-state index in [4.69, 9.17) is 4.74 Å². The standard InChI is InChI=1S/C16H16BrFO/c1-11-9-13(5-8-16(11)19-2)15(17)10-12-3-6-14(18)7-4-12/h3-9,15H,10H2,1-2H3. The highest BCUT2D eigenvalue weighted by Crippen LogP contribution is 2.30. The van der Waals surface area contributed by atoms with Gasteiger partial charge in [-0.25, -0.2) is 4.39 Å². The van der Waals surface area contributed by atoms with Gasteiger partial charge in [-0.05, 0) is 48.2 Å². The van der Waals surface area contributed by atoms with Crippen LogP contribution in [0.1, 0.15) is 21.5 Å². The molecular formula is C16H16BrFO. The molecule has 3 heteroatoms. The van der Waals surface area contributed by atoms with Crippen LogP contribution < -0.4 is 4.74 Å². The molecule has 0 aliphatic heterocycles. The summed E-state index contributed by atoms with van der Waals surface area (Å²) in [5, 5.41) is 0. The van der Waals surface area contributed by atoms with Gasteiger partial charge in [-0.3, -0.25) is 0 Å². The van der Waals surface area contributed by atoms with E-state index >= 15 is 0 Å². The molecule has 0 aliphatic rings. The lowest BCUT2D eigenvalue weighted by Gasteiger charge is -2.13. The van der Waals surface area contributed by atoms with Crippen molar-refractivity contribution in [2.24, 2.45) is 0 Å². The lowest BCUT2D eigenvalue weighted by molar-refractivity contribution is 0.411. The van der Waals surface area contributed by atoms with Crippen molar-refractivity contribution < 1.29 is 9.13 Å². The van der Waals surface area contributed by atoms with E-state index < -0.39 is 0 Å². The number of alkyl halides is 1. The van der Waals surface area contributed by atoms with Gasteiger partial charge in [-0.15, -0.1) is 0 Å². The van der Waals surface area contributed by atoms with Crippen molar-refractivity contribution in [2.45, 2.75) is 18.2 Å². The largest absolute Gasteiger partial charge is 0.496 e. The van der Waals surface area contributed by atoms with Crippen molar-refractivity contribution in [3.63, 3.8) is 0 Å². The van der Waals surface area contributed by atoms with Gasteiger partial charge >= 0.3 is 0 Å². The summed E-state index contributed by atoms with van der Waals surface area (Å²) in [5.41, 5.74) is 3.42. The Bertz CT molecular complexity index is 551. The highest BCUT2D eigenvalue weighted by molar-refractivity contribution is 9.09. The second-order valence-corrected chi connectivity index (χ2v) is 5.63. The Morgan fingerprint density at radius 1 is 1.16 bits per heavy atom. The van der Waals surface area contributed by atoms with Crippen LogP contribution in [0.15, 0.2) is 42.5 Å². The van der Waals surface area contributed by atoms with E-state index in [2.05, 4.69) is 28.1 Å². The maximum Gasteiger partial charge on any atom is 0.123 e. The zero-order valence-corrected chi connectivity index (χ0v) is 12.6. The first-order valence-corrected chi connectivity index (χ1v) is 7.05. The molecule has 0 N–H and O–H groups in total. The Labute approximate surface area is 121 Å². The van der Waals surface area contributed by atoms with Crippen molar-refractivity contribution in [3.05, 3.63) is 65.0 Å². The van der Waals surface area contributed by atoms with Crippen LogP contribution in [0.2, 0.25) is 0 Å². The first kappa shape index (κ1) is 14.1. The lowest BCUT2D eigenvalue weighted by atomic mass is 10.0. The quantitative estimate of drug-likeness (QED) is 0.733. The monoisotopic (exact) mass is 322 g/mol. The number of hydrogen-bond donors (Lipinski definition) is 0. The van der Waals surface area contributed by atoms with E-state index in [0.29, 0.717) is 0 Å². The molecular weight excluding hydrogens is 307 g/mol. The third-order valence-electron chi connectivity index (χ3n) is 3.11. The predicted molar refractivity (Wildman–Crippen MR) is 79.5 cm³/mol. The second kappa shape index (κ2) is 6.20. The highest BCUT2D eigenvalue weighted by Gasteiger charge is 2.10. The summed E-state index contributed by atoms with van der Waals surface area (Å²) in [7, 11) is 1.67. The van der Waals surface area contributed by atoms with Gasteiger partial charge in [0.1, 0.15) is 11.6 Å². The molecule has 0 heterocycles. The van der Waals surface area contributed by atoms with Crippen molar-refractivity contribution in [1.29, 1.82) is 0 Å². The summed E-state index contributed by atoms with van der Waals surface area (Å²) >= 11 is 3.69. The van der Waals surface area contributed by atoms with Crippen molar-refractivity contribution in [3.8, 4) is 5.75 Å². The van der Waals surface area contributed by atoms with Gasteiger partial charge in [0.2, 0.25) is 0 Å². The molecule has 0 fully saturated rings. The van der Waals surface area contributed by atoms with E-state index in [1.807, 2.05) is 25.1 Å². The van der Waals surface area contributed by atoms with Crippen molar-refractivity contribution in [2.75, 3.05) is 7.11 Å². The summed E-state index contributed by atoms with van der Waals surface area (Å²) in [6, 6.07) is 12.8. The van der Waals surface area contributed by atoms with Gasteiger partial charge < -0.3 is 4.74 Å². The molecule has 100 valence electrons. The van der Waals surface area contributed by atoms with E-state index in [1.165, 1.54) is 17.7 Å². The Morgan fingerprint density at radius 3 is 2.42 bits per heavy atom. The fraction of sp³-hybridized carbons (Fsp3) is 0.250. The zero-order chi connectivity index (χ0) is 13.8. The van der Waals surface area contributed by atoms with Gasteiger partial charge in [0.25, 0.3) is 0 Å². The minimum absolute atomic E-state index is 0.199. The zero-order valence-electron chi connectivity index (χ0n) is 11.0. The summed E-state index contributed by atoms with van der Waals surface area (Å²) in [6.45, 7) is 2.03. The van der Waals surface area contributed by atoms with Crippen LogP contribution in [0, 0.1) is 12.7 Å². The first-order valence-electron chi connectivity index (χ1n) is 6.13. The molecule has 1 atom stereocenters. The van der Waals surface area contributed by atoms with E-state index in [9.17, 15) is 4.39 Å². The lowest BCUT2D eigenvalue weighted by Crippen LogP contribution is -1.97. The van der Waals surface area contributed by atoms with Gasteiger partial charge in [0.15, 0.2) is 0 Å². The predicted octanol–water partition coefficient (Wildman–Crippen LogP) is 4.82. The van der Waals surface area contributed by atoms with Crippen LogP contribution in [0.3, 0.4) is 0 Å². The molecule has 0 spiro atoms. The molecule has 0 saturated heterocycles. The molecule has 2 aromatic carbocycles. The number of halogens is 2. The molecule has 2 aromatic rings. The number of rotatable bonds is 4. The van der Waals surface area contributed by atoms with E-state index in [0.717, 1.165) is 23.3 Å². The van der Waals surface area contributed by atoms with Crippen LogP contribution in [0.5, 0.6) is 5.75 Å². The average molecular weight is 323 g/mol. The van der Waals surface area contributed by atoms with Crippen LogP contribution in [-0.4, -0.2) is 7.11 Å². The van der Waals surface area contributed by atoms with E-state index in [-0.39, 0.29) is 10.6 Å². The van der Waals surface area contributed by atoms with Gasteiger partial charge in [-0.1, -0.05) is 40.2 Å². The Morgan fingerprint density at radius 2 is 1.84 bits per heavy atom. The minimum atomic E-state index is -0.199. The van der Waals surface area contributed by atoms with Crippen molar-refractivity contribution in [1.82, 2.24) is 0 Å². The molecule has 0 bridgehead atoms. The minimum Gasteiger partial charge on any atom is -0.496 e. The molecule has 0 aliphatic carbocycles. The van der Waals surface area contributed by atoms with Crippen LogP contribution in [0.25, 0.3) is 0 Å². The number of hydrogen-bond acceptors (Lipinski definition) is 1. The molecule has 1 unspecified atom stereocenters. The SMILES string of the molecule is COc1ccc(C(Br)Cc2ccc(F)cc2)cc1C. The highest BCUT2D eigenvalue weighted by atomic mass is 79.9. The van der Waals surface area contributed by atoms with Gasteiger partial charge in [-0.2, -0.15) is 0 Å². The Hall–Kier alpha value is -1.35. The van der Waals surface area contributed by atoms with Crippen LogP contribution in [-0.2, 0) is 6.42 Å². The topological polar surface area (TPSA) is 9.23 Å². The third kappa shape index (κ3) is 3.57. The Balaban J connectivity index is 2.13. The van der Waals surface area contributed by atoms with E-state index in [1.54, 1.807) is 7.11 Å². The summed E-state index contributed by atoms with van der Waals surface area (Å²) < 4.78 is 18.1. The Kier molecular flexibility index (Phi) is 4.59. The van der Waals surface area contributed by atoms with Gasteiger partial charge in [0.05, 0.1) is 7.11 Å². The summed E-state index contributed by atoms with van der Waals surface area (Å²) in [4.78, 5) is 0.211. The average Bonchev–Trinajstić information content (AvgIpc) is 2.41. The smallest absolute Gasteiger partial charge is 0.123 e. The molecule has 0 saturated carbocycles. The molecule has 0 amide bonds. The molecule has 0 radical (unpaired) electrons. The summed E-state index contributed by atoms with van der Waals surface area (Å²) in [5.74, 6) is 0.695. The summed E-state index contributed by atoms with van der Waals surface area (Å²) in [6.07, 6.45) is 0.825.